The Kier molecular flexibility index (Phi) is 6.64. The van der Waals surface area contributed by atoms with E-state index in [0.717, 1.165) is 17.5 Å². The third-order valence-electron chi connectivity index (χ3n) is 3.20. The summed E-state index contributed by atoms with van der Waals surface area (Å²) in [5.41, 5.74) is 0.749. The highest BCUT2D eigenvalue weighted by atomic mass is 32.2. The molecule has 2 rings (SSSR count). The lowest BCUT2D eigenvalue weighted by Gasteiger charge is -2.07. The first-order chi connectivity index (χ1) is 12.1. The summed E-state index contributed by atoms with van der Waals surface area (Å²) in [7, 11) is 3.11. The van der Waals surface area contributed by atoms with Gasteiger partial charge in [-0.3, -0.25) is 10.1 Å². The van der Waals surface area contributed by atoms with E-state index in [4.69, 9.17) is 14.2 Å². The molecule has 0 spiro atoms. The average molecular weight is 362 g/mol. The van der Waals surface area contributed by atoms with Gasteiger partial charge in [-0.1, -0.05) is 0 Å². The van der Waals surface area contributed by atoms with Crippen LogP contribution >= 0.6 is 11.9 Å². The number of nitro benzene ring substituents is 1. The first-order valence-corrected chi connectivity index (χ1v) is 8.20. The minimum absolute atomic E-state index is 0.0413. The lowest BCUT2D eigenvalue weighted by molar-refractivity contribution is -0.387. The molecular formula is C17H18N2O5S. The van der Waals surface area contributed by atoms with Crippen LogP contribution in [0.3, 0.4) is 0 Å². The van der Waals surface area contributed by atoms with Gasteiger partial charge in [0.2, 0.25) is 0 Å². The Bertz CT molecular complexity index is 780. The van der Waals surface area contributed by atoms with Gasteiger partial charge in [0.25, 0.3) is 5.69 Å². The van der Waals surface area contributed by atoms with Crippen molar-refractivity contribution in [3.8, 4) is 17.2 Å². The van der Waals surface area contributed by atoms with Crippen LogP contribution < -0.4 is 14.2 Å². The van der Waals surface area contributed by atoms with Crippen LogP contribution in [0, 0.1) is 10.1 Å². The van der Waals surface area contributed by atoms with Gasteiger partial charge in [-0.25, -0.2) is 4.40 Å². The molecule has 132 valence electrons. The first kappa shape index (κ1) is 18.6. The molecule has 0 aliphatic heterocycles. The van der Waals surface area contributed by atoms with Crippen LogP contribution in [-0.2, 0) is 0 Å². The summed E-state index contributed by atoms with van der Waals surface area (Å²) in [6.45, 7) is 2.27. The quantitative estimate of drug-likeness (QED) is 0.304. The predicted octanol–water partition coefficient (Wildman–Crippen LogP) is 4.14. The highest BCUT2D eigenvalue weighted by Gasteiger charge is 2.15. The van der Waals surface area contributed by atoms with Gasteiger partial charge in [-0.05, 0) is 42.8 Å². The van der Waals surface area contributed by atoms with E-state index in [1.807, 2.05) is 13.0 Å². The molecule has 0 fully saturated rings. The van der Waals surface area contributed by atoms with E-state index < -0.39 is 4.92 Å². The molecule has 0 unspecified atom stereocenters. The lowest BCUT2D eigenvalue weighted by atomic mass is 10.2. The van der Waals surface area contributed by atoms with Gasteiger partial charge >= 0.3 is 0 Å². The van der Waals surface area contributed by atoms with Crippen molar-refractivity contribution in [1.29, 1.82) is 0 Å². The Labute approximate surface area is 149 Å². The van der Waals surface area contributed by atoms with Gasteiger partial charge in [0.05, 0.1) is 31.8 Å². The van der Waals surface area contributed by atoms with Crippen LogP contribution in [0.2, 0.25) is 0 Å². The maximum absolute atomic E-state index is 11.2. The smallest absolute Gasteiger partial charge is 0.288 e. The molecule has 0 atom stereocenters. The molecule has 0 N–H and O–H groups in total. The van der Waals surface area contributed by atoms with Crippen molar-refractivity contribution >= 4 is 23.8 Å². The topological polar surface area (TPSA) is 83.2 Å². The molecule has 0 aromatic heterocycles. The number of methoxy groups -OCH3 is 2. The minimum atomic E-state index is -0.448. The second-order valence-electron chi connectivity index (χ2n) is 4.76. The summed E-state index contributed by atoms with van der Waals surface area (Å²) < 4.78 is 19.9. The molecule has 25 heavy (non-hydrogen) atoms. The zero-order chi connectivity index (χ0) is 18.2. The van der Waals surface area contributed by atoms with Crippen LogP contribution in [0.5, 0.6) is 17.2 Å². The van der Waals surface area contributed by atoms with E-state index in [1.165, 1.54) is 6.07 Å². The summed E-state index contributed by atoms with van der Waals surface area (Å²) in [6, 6.07) is 10.1. The molecule has 2 aromatic carbocycles. The predicted molar refractivity (Wildman–Crippen MR) is 97.3 cm³/mol. The van der Waals surface area contributed by atoms with Gasteiger partial charge < -0.3 is 14.2 Å². The number of nitrogens with zero attached hydrogens (tertiary/aromatic N) is 2. The Morgan fingerprint density at radius 1 is 1.16 bits per heavy atom. The SMILES string of the molecule is CCOc1ccc(SN=Cc2ccc(OC)c(OC)c2)c([N+](=O)[O-])c1. The number of benzene rings is 2. The van der Waals surface area contributed by atoms with Gasteiger partial charge in [0.15, 0.2) is 11.5 Å². The monoisotopic (exact) mass is 362 g/mol. The fourth-order valence-electron chi connectivity index (χ4n) is 2.05. The molecule has 8 heteroatoms. The van der Waals surface area contributed by atoms with Crippen molar-refractivity contribution in [3.63, 3.8) is 0 Å². The van der Waals surface area contributed by atoms with Crippen LogP contribution in [0.4, 0.5) is 5.69 Å². The fourth-order valence-corrected chi connectivity index (χ4v) is 2.69. The standard InChI is InChI=1S/C17H18N2O5S/c1-4-24-13-6-8-17(14(10-13)19(20)21)25-18-11-12-5-7-15(22-2)16(9-12)23-3/h5-11H,4H2,1-3H3. The molecule has 0 saturated heterocycles. The molecule has 0 amide bonds. The van der Waals surface area contributed by atoms with Gasteiger partial charge in [-0.15, -0.1) is 0 Å². The summed E-state index contributed by atoms with van der Waals surface area (Å²) in [5.74, 6) is 1.67. The highest BCUT2D eigenvalue weighted by molar-refractivity contribution is 7.98. The molecule has 0 heterocycles. The maximum Gasteiger partial charge on any atom is 0.288 e. The van der Waals surface area contributed by atoms with Crippen LogP contribution in [-0.4, -0.2) is 32.0 Å². The average Bonchev–Trinajstić information content (AvgIpc) is 2.62. The van der Waals surface area contributed by atoms with E-state index in [9.17, 15) is 10.1 Å². The lowest BCUT2D eigenvalue weighted by Crippen LogP contribution is -1.95. The Morgan fingerprint density at radius 3 is 2.56 bits per heavy atom. The van der Waals surface area contributed by atoms with Crippen molar-refractivity contribution in [1.82, 2.24) is 0 Å². The normalized spacial score (nSPS) is 10.7. The molecular weight excluding hydrogens is 344 g/mol. The molecule has 0 radical (unpaired) electrons. The minimum Gasteiger partial charge on any atom is -0.494 e. The second kappa shape index (κ2) is 8.93. The number of hydrogen-bond donors (Lipinski definition) is 0. The van der Waals surface area contributed by atoms with E-state index in [2.05, 4.69) is 4.40 Å². The summed E-state index contributed by atoms with van der Waals surface area (Å²) >= 11 is 1.02. The number of rotatable bonds is 8. The summed E-state index contributed by atoms with van der Waals surface area (Å²) in [6.07, 6.45) is 1.60. The number of ether oxygens (including phenoxy) is 3. The van der Waals surface area contributed by atoms with Gasteiger partial charge in [0.1, 0.15) is 10.6 Å². The van der Waals surface area contributed by atoms with Crippen LogP contribution in [0.15, 0.2) is 45.7 Å². The summed E-state index contributed by atoms with van der Waals surface area (Å²) in [4.78, 5) is 11.2. The van der Waals surface area contributed by atoms with Crippen molar-refractivity contribution in [2.75, 3.05) is 20.8 Å². The molecule has 7 nitrogen and oxygen atoms in total. The molecule has 2 aromatic rings. The van der Waals surface area contributed by atoms with Crippen molar-refractivity contribution in [2.24, 2.45) is 4.40 Å². The zero-order valence-corrected chi connectivity index (χ0v) is 14.9. The van der Waals surface area contributed by atoms with E-state index in [0.29, 0.717) is 28.8 Å². The largest absolute Gasteiger partial charge is 0.494 e. The number of hydrogen-bond acceptors (Lipinski definition) is 7. The van der Waals surface area contributed by atoms with E-state index in [-0.39, 0.29) is 5.69 Å². The van der Waals surface area contributed by atoms with Crippen LogP contribution in [0.25, 0.3) is 0 Å². The maximum atomic E-state index is 11.2. The van der Waals surface area contributed by atoms with Gasteiger partial charge in [0, 0.05) is 18.2 Å². The van der Waals surface area contributed by atoms with E-state index in [1.54, 1.807) is 44.7 Å². The zero-order valence-electron chi connectivity index (χ0n) is 14.1. The fraction of sp³-hybridized carbons (Fsp3) is 0.235. The first-order valence-electron chi connectivity index (χ1n) is 7.42. The van der Waals surface area contributed by atoms with Crippen LogP contribution in [0.1, 0.15) is 12.5 Å². The van der Waals surface area contributed by atoms with Crippen molar-refractivity contribution < 1.29 is 19.1 Å². The third kappa shape index (κ3) is 4.87. The van der Waals surface area contributed by atoms with E-state index >= 15 is 0 Å². The highest BCUT2D eigenvalue weighted by Crippen LogP contribution is 2.33. The Balaban J connectivity index is 2.17. The van der Waals surface area contributed by atoms with Gasteiger partial charge in [-0.2, -0.15) is 0 Å². The third-order valence-corrected chi connectivity index (χ3v) is 3.95. The summed E-state index contributed by atoms with van der Waals surface area (Å²) in [5, 5.41) is 11.2. The Morgan fingerprint density at radius 2 is 1.92 bits per heavy atom. The molecule has 0 saturated carbocycles. The Hall–Kier alpha value is -2.74. The number of nitro groups is 1. The second-order valence-corrected chi connectivity index (χ2v) is 5.59. The molecule has 0 aliphatic rings. The van der Waals surface area contributed by atoms with Crippen molar-refractivity contribution in [3.05, 3.63) is 52.1 Å². The molecule has 0 bridgehead atoms. The van der Waals surface area contributed by atoms with Crippen molar-refractivity contribution in [2.45, 2.75) is 11.8 Å². The molecule has 0 aliphatic carbocycles.